The Morgan fingerprint density at radius 1 is 1.11 bits per heavy atom. The van der Waals surface area contributed by atoms with Crippen LogP contribution in [-0.4, -0.2) is 25.3 Å². The first-order chi connectivity index (χ1) is 9.15. The van der Waals surface area contributed by atoms with Gasteiger partial charge in [0.25, 0.3) is 0 Å². The fourth-order valence-corrected chi connectivity index (χ4v) is 3.39. The first-order valence-corrected chi connectivity index (χ1v) is 8.50. The fourth-order valence-electron chi connectivity index (χ4n) is 3.39. The Morgan fingerprint density at radius 2 is 1.79 bits per heavy atom. The lowest BCUT2D eigenvalue weighted by Crippen LogP contribution is -2.30. The molecule has 0 amide bonds. The number of hydrogen-bond donors (Lipinski definition) is 1. The SMILES string of the molecule is CCCNC(CC)CCCOC1CC(C)CC(C)C1. The van der Waals surface area contributed by atoms with Gasteiger partial charge in [-0.1, -0.05) is 27.7 Å². The molecule has 0 saturated heterocycles. The first kappa shape index (κ1) is 17.0. The van der Waals surface area contributed by atoms with E-state index in [0.717, 1.165) is 25.0 Å². The van der Waals surface area contributed by atoms with E-state index in [-0.39, 0.29) is 0 Å². The summed E-state index contributed by atoms with van der Waals surface area (Å²) in [6.45, 7) is 11.3. The lowest BCUT2D eigenvalue weighted by molar-refractivity contribution is -0.00119. The van der Waals surface area contributed by atoms with Crippen LogP contribution in [0.2, 0.25) is 0 Å². The van der Waals surface area contributed by atoms with E-state index in [9.17, 15) is 0 Å². The maximum absolute atomic E-state index is 6.10. The molecule has 1 fully saturated rings. The Morgan fingerprint density at radius 3 is 2.37 bits per heavy atom. The summed E-state index contributed by atoms with van der Waals surface area (Å²) in [7, 11) is 0. The molecule has 2 heteroatoms. The highest BCUT2D eigenvalue weighted by atomic mass is 16.5. The summed E-state index contributed by atoms with van der Waals surface area (Å²) in [5.41, 5.74) is 0. The first-order valence-electron chi connectivity index (χ1n) is 8.50. The number of ether oxygens (including phenoxy) is 1. The molecule has 1 aliphatic carbocycles. The van der Waals surface area contributed by atoms with Crippen molar-refractivity contribution in [3.05, 3.63) is 0 Å². The van der Waals surface area contributed by atoms with Gasteiger partial charge in [-0.2, -0.15) is 0 Å². The van der Waals surface area contributed by atoms with Crippen LogP contribution in [0, 0.1) is 11.8 Å². The monoisotopic (exact) mass is 269 g/mol. The summed E-state index contributed by atoms with van der Waals surface area (Å²) in [6, 6.07) is 0.688. The van der Waals surface area contributed by atoms with Crippen LogP contribution >= 0.6 is 0 Å². The van der Waals surface area contributed by atoms with Crippen molar-refractivity contribution in [3.8, 4) is 0 Å². The van der Waals surface area contributed by atoms with E-state index in [1.54, 1.807) is 0 Å². The molecule has 3 atom stereocenters. The zero-order valence-corrected chi connectivity index (χ0v) is 13.6. The normalized spacial score (nSPS) is 29.4. The topological polar surface area (TPSA) is 21.3 Å². The number of rotatable bonds is 9. The molecule has 0 spiro atoms. The van der Waals surface area contributed by atoms with Crippen LogP contribution in [0.3, 0.4) is 0 Å². The van der Waals surface area contributed by atoms with Gasteiger partial charge < -0.3 is 10.1 Å². The highest BCUT2D eigenvalue weighted by molar-refractivity contribution is 4.75. The smallest absolute Gasteiger partial charge is 0.0580 e. The van der Waals surface area contributed by atoms with Crippen LogP contribution in [0.5, 0.6) is 0 Å². The minimum atomic E-state index is 0.530. The van der Waals surface area contributed by atoms with Crippen molar-refractivity contribution in [1.29, 1.82) is 0 Å². The Bertz CT molecular complexity index is 209. The van der Waals surface area contributed by atoms with E-state index >= 15 is 0 Å². The molecule has 0 heterocycles. The lowest BCUT2D eigenvalue weighted by atomic mass is 9.82. The summed E-state index contributed by atoms with van der Waals surface area (Å²) in [5, 5.41) is 3.62. The predicted molar refractivity (Wildman–Crippen MR) is 83.5 cm³/mol. The minimum absolute atomic E-state index is 0.530. The van der Waals surface area contributed by atoms with E-state index in [1.165, 1.54) is 44.9 Å². The van der Waals surface area contributed by atoms with Gasteiger partial charge in [-0.3, -0.25) is 0 Å². The standard InChI is InChI=1S/C17H35NO/c1-5-9-18-16(6-2)8-7-10-19-17-12-14(3)11-15(4)13-17/h14-18H,5-13H2,1-4H3. The van der Waals surface area contributed by atoms with Gasteiger partial charge in [0.15, 0.2) is 0 Å². The van der Waals surface area contributed by atoms with E-state index in [1.807, 2.05) is 0 Å². The Balaban J connectivity index is 2.09. The Labute approximate surface area is 120 Å². The van der Waals surface area contributed by atoms with Gasteiger partial charge in [0.05, 0.1) is 6.10 Å². The van der Waals surface area contributed by atoms with Gasteiger partial charge in [-0.25, -0.2) is 0 Å². The second-order valence-corrected chi connectivity index (χ2v) is 6.61. The Kier molecular flexibility index (Phi) is 8.72. The van der Waals surface area contributed by atoms with Crippen molar-refractivity contribution >= 4 is 0 Å². The van der Waals surface area contributed by atoms with E-state index in [0.29, 0.717) is 12.1 Å². The van der Waals surface area contributed by atoms with Crippen molar-refractivity contribution in [3.63, 3.8) is 0 Å². The predicted octanol–water partition coefficient (Wildman–Crippen LogP) is 4.39. The highest BCUT2D eigenvalue weighted by Gasteiger charge is 2.24. The lowest BCUT2D eigenvalue weighted by Gasteiger charge is -2.31. The summed E-state index contributed by atoms with van der Waals surface area (Å²) in [6.07, 6.45) is 9.39. The average molecular weight is 269 g/mol. The van der Waals surface area contributed by atoms with Crippen LogP contribution in [0.4, 0.5) is 0 Å². The summed E-state index contributed by atoms with van der Waals surface area (Å²) in [4.78, 5) is 0. The molecule has 3 unspecified atom stereocenters. The highest BCUT2D eigenvalue weighted by Crippen LogP contribution is 2.30. The largest absolute Gasteiger partial charge is 0.378 e. The molecule has 0 bridgehead atoms. The molecular formula is C17H35NO. The van der Waals surface area contributed by atoms with Crippen molar-refractivity contribution < 1.29 is 4.74 Å². The molecule has 0 aromatic carbocycles. The zero-order valence-electron chi connectivity index (χ0n) is 13.6. The number of hydrogen-bond acceptors (Lipinski definition) is 2. The molecule has 1 aliphatic rings. The van der Waals surface area contributed by atoms with Gasteiger partial charge in [0.1, 0.15) is 0 Å². The summed E-state index contributed by atoms with van der Waals surface area (Å²) in [5.74, 6) is 1.70. The maximum atomic E-state index is 6.10. The van der Waals surface area contributed by atoms with Crippen LogP contribution < -0.4 is 5.32 Å². The van der Waals surface area contributed by atoms with Gasteiger partial charge >= 0.3 is 0 Å². The van der Waals surface area contributed by atoms with Crippen molar-refractivity contribution in [2.75, 3.05) is 13.2 Å². The van der Waals surface area contributed by atoms with Gasteiger partial charge in [-0.05, 0) is 63.3 Å². The summed E-state index contributed by atoms with van der Waals surface area (Å²) < 4.78 is 6.10. The molecule has 1 rings (SSSR count). The third-order valence-corrected chi connectivity index (χ3v) is 4.36. The number of nitrogens with one attached hydrogen (secondary N) is 1. The average Bonchev–Trinajstić information content (AvgIpc) is 2.37. The van der Waals surface area contributed by atoms with Crippen LogP contribution in [-0.2, 0) is 4.74 Å². The molecule has 0 aromatic heterocycles. The van der Waals surface area contributed by atoms with Crippen LogP contribution in [0.15, 0.2) is 0 Å². The van der Waals surface area contributed by atoms with Crippen molar-refractivity contribution in [2.45, 2.75) is 84.8 Å². The summed E-state index contributed by atoms with van der Waals surface area (Å²) >= 11 is 0. The molecule has 0 radical (unpaired) electrons. The quantitative estimate of drug-likeness (QED) is 0.627. The third kappa shape index (κ3) is 7.31. The Hall–Kier alpha value is -0.0800. The molecular weight excluding hydrogens is 234 g/mol. The molecule has 0 aliphatic heterocycles. The van der Waals surface area contributed by atoms with Gasteiger partial charge in [0, 0.05) is 12.6 Å². The third-order valence-electron chi connectivity index (χ3n) is 4.36. The van der Waals surface area contributed by atoms with E-state index in [4.69, 9.17) is 4.74 Å². The van der Waals surface area contributed by atoms with Crippen LogP contribution in [0.1, 0.15) is 72.6 Å². The van der Waals surface area contributed by atoms with Crippen molar-refractivity contribution in [2.24, 2.45) is 11.8 Å². The minimum Gasteiger partial charge on any atom is -0.378 e. The van der Waals surface area contributed by atoms with Gasteiger partial charge in [-0.15, -0.1) is 0 Å². The maximum Gasteiger partial charge on any atom is 0.0580 e. The fraction of sp³-hybridized carbons (Fsp3) is 1.00. The van der Waals surface area contributed by atoms with Crippen LogP contribution in [0.25, 0.3) is 0 Å². The molecule has 2 nitrogen and oxygen atoms in total. The molecule has 19 heavy (non-hydrogen) atoms. The zero-order chi connectivity index (χ0) is 14.1. The van der Waals surface area contributed by atoms with Crippen molar-refractivity contribution in [1.82, 2.24) is 5.32 Å². The molecule has 1 N–H and O–H groups in total. The van der Waals surface area contributed by atoms with E-state index in [2.05, 4.69) is 33.0 Å². The molecule has 1 saturated carbocycles. The second kappa shape index (κ2) is 9.77. The molecule has 0 aromatic rings. The van der Waals surface area contributed by atoms with E-state index < -0.39 is 0 Å². The molecule has 114 valence electrons. The second-order valence-electron chi connectivity index (χ2n) is 6.61. The van der Waals surface area contributed by atoms with Gasteiger partial charge in [0.2, 0.25) is 0 Å².